The molecule has 0 aromatic carbocycles. The first-order chi connectivity index (χ1) is 14.6. The monoisotopic (exact) mass is 405 g/mol. The number of anilines is 1. The Balaban J connectivity index is 1.47. The van der Waals surface area contributed by atoms with Crippen LogP contribution in [0.25, 0.3) is 5.65 Å². The molecule has 156 valence electrons. The number of hydrogen-bond acceptors (Lipinski definition) is 6. The molecule has 2 saturated heterocycles. The Kier molecular flexibility index (Phi) is 4.84. The Bertz CT molecular complexity index is 1060. The van der Waals surface area contributed by atoms with Crippen molar-refractivity contribution >= 4 is 17.4 Å². The number of carbonyl (C=O) groups is 1. The summed E-state index contributed by atoms with van der Waals surface area (Å²) in [5, 5.41) is 4.81. The van der Waals surface area contributed by atoms with Crippen molar-refractivity contribution in [3.8, 4) is 0 Å². The van der Waals surface area contributed by atoms with Crippen molar-refractivity contribution in [2.75, 3.05) is 24.5 Å². The van der Waals surface area contributed by atoms with E-state index in [9.17, 15) is 4.79 Å². The normalized spacial score (nSPS) is 22.1. The summed E-state index contributed by atoms with van der Waals surface area (Å²) >= 11 is 0. The Morgan fingerprint density at radius 2 is 2.07 bits per heavy atom. The summed E-state index contributed by atoms with van der Waals surface area (Å²) in [5.74, 6) is 1.67. The molecule has 0 radical (unpaired) electrons. The fraction of sp³-hybridized carbons (Fsp3) is 0.500. The third-order valence-electron chi connectivity index (χ3n) is 6.23. The zero-order valence-electron chi connectivity index (χ0n) is 17.5. The molecule has 2 atom stereocenters. The van der Waals surface area contributed by atoms with Gasteiger partial charge in [-0.3, -0.25) is 9.78 Å². The molecule has 2 aliphatic heterocycles. The zero-order valence-corrected chi connectivity index (χ0v) is 17.5. The number of carbonyl (C=O) groups excluding carboxylic acids is 1. The van der Waals surface area contributed by atoms with Gasteiger partial charge in [-0.1, -0.05) is 6.92 Å². The molecule has 0 aliphatic carbocycles. The van der Waals surface area contributed by atoms with E-state index in [-0.39, 0.29) is 11.9 Å². The second-order valence-electron chi connectivity index (χ2n) is 8.56. The first-order valence-corrected chi connectivity index (χ1v) is 10.8. The van der Waals surface area contributed by atoms with E-state index in [2.05, 4.69) is 34.9 Å². The molecular weight excluding hydrogens is 378 g/mol. The van der Waals surface area contributed by atoms with Crippen molar-refractivity contribution in [3.05, 3.63) is 47.8 Å². The number of aromatic nitrogens is 5. The van der Waals surface area contributed by atoms with Crippen molar-refractivity contribution in [2.45, 2.75) is 45.6 Å². The van der Waals surface area contributed by atoms with Gasteiger partial charge in [-0.05, 0) is 38.5 Å². The molecule has 2 aliphatic rings. The summed E-state index contributed by atoms with van der Waals surface area (Å²) in [5.41, 5.74) is 3.24. The summed E-state index contributed by atoms with van der Waals surface area (Å²) in [6, 6.07) is 1.97. The van der Waals surface area contributed by atoms with Gasteiger partial charge in [-0.2, -0.15) is 5.10 Å². The van der Waals surface area contributed by atoms with Crippen molar-refractivity contribution in [1.29, 1.82) is 0 Å². The van der Waals surface area contributed by atoms with Crippen molar-refractivity contribution in [1.82, 2.24) is 29.5 Å². The van der Waals surface area contributed by atoms with E-state index in [4.69, 9.17) is 10.1 Å². The Hall–Kier alpha value is -3.03. The second-order valence-corrected chi connectivity index (χ2v) is 8.56. The van der Waals surface area contributed by atoms with Gasteiger partial charge in [-0.15, -0.1) is 0 Å². The van der Waals surface area contributed by atoms with Crippen molar-refractivity contribution in [3.63, 3.8) is 0 Å². The summed E-state index contributed by atoms with van der Waals surface area (Å²) in [6.07, 6.45) is 10.9. The Morgan fingerprint density at radius 3 is 2.83 bits per heavy atom. The molecule has 0 bridgehead atoms. The number of amides is 1. The van der Waals surface area contributed by atoms with Crippen LogP contribution in [0.3, 0.4) is 0 Å². The SMILES string of the molecule is Cc1cn2nc([C@@H]3CCCCN3C(=O)c3cnccn3)cc2nc1N1CC[C@H](C)C1. The van der Waals surface area contributed by atoms with Gasteiger partial charge in [0.1, 0.15) is 11.5 Å². The minimum Gasteiger partial charge on any atom is -0.356 e. The van der Waals surface area contributed by atoms with E-state index in [0.717, 1.165) is 55.1 Å². The molecule has 8 nitrogen and oxygen atoms in total. The molecule has 8 heteroatoms. The fourth-order valence-electron chi connectivity index (χ4n) is 4.67. The molecule has 30 heavy (non-hydrogen) atoms. The summed E-state index contributed by atoms with van der Waals surface area (Å²) < 4.78 is 1.85. The van der Waals surface area contributed by atoms with Gasteiger partial charge in [0, 0.05) is 49.9 Å². The molecule has 0 N–H and O–H groups in total. The smallest absolute Gasteiger partial charge is 0.274 e. The average molecular weight is 406 g/mol. The first-order valence-electron chi connectivity index (χ1n) is 10.8. The second kappa shape index (κ2) is 7.66. The molecule has 0 spiro atoms. The largest absolute Gasteiger partial charge is 0.356 e. The quantitative estimate of drug-likeness (QED) is 0.666. The van der Waals surface area contributed by atoms with Crippen LogP contribution in [0.2, 0.25) is 0 Å². The lowest BCUT2D eigenvalue weighted by Crippen LogP contribution is -2.39. The highest BCUT2D eigenvalue weighted by Gasteiger charge is 2.31. The third kappa shape index (κ3) is 3.40. The van der Waals surface area contributed by atoms with Crippen molar-refractivity contribution in [2.24, 2.45) is 5.92 Å². The summed E-state index contributed by atoms with van der Waals surface area (Å²) in [7, 11) is 0. The molecule has 1 amide bonds. The van der Waals surface area contributed by atoms with Crippen LogP contribution in [-0.4, -0.2) is 55.0 Å². The zero-order chi connectivity index (χ0) is 20.7. The van der Waals surface area contributed by atoms with Crippen LogP contribution >= 0.6 is 0 Å². The summed E-state index contributed by atoms with van der Waals surface area (Å²) in [6.45, 7) is 7.19. The maximum Gasteiger partial charge on any atom is 0.274 e. The predicted octanol–water partition coefficient (Wildman–Crippen LogP) is 3.04. The van der Waals surface area contributed by atoms with E-state index in [1.807, 2.05) is 15.5 Å². The Morgan fingerprint density at radius 1 is 1.17 bits per heavy atom. The lowest BCUT2D eigenvalue weighted by Gasteiger charge is -2.34. The minimum absolute atomic E-state index is 0.0643. The van der Waals surface area contributed by atoms with Gasteiger partial charge in [-0.25, -0.2) is 14.5 Å². The van der Waals surface area contributed by atoms with E-state index in [1.54, 1.807) is 12.4 Å². The lowest BCUT2D eigenvalue weighted by atomic mass is 9.99. The van der Waals surface area contributed by atoms with Crippen molar-refractivity contribution < 1.29 is 4.79 Å². The van der Waals surface area contributed by atoms with Crippen LogP contribution in [0, 0.1) is 12.8 Å². The van der Waals surface area contributed by atoms with Crippen LogP contribution in [0.1, 0.15) is 60.4 Å². The number of fused-ring (bicyclic) bond motifs is 1. The van der Waals surface area contributed by atoms with Crippen LogP contribution in [-0.2, 0) is 0 Å². The molecule has 0 unspecified atom stereocenters. The highest BCUT2D eigenvalue weighted by atomic mass is 16.2. The van der Waals surface area contributed by atoms with Crippen LogP contribution < -0.4 is 4.90 Å². The average Bonchev–Trinajstić information content (AvgIpc) is 3.39. The number of likely N-dealkylation sites (tertiary alicyclic amines) is 1. The van der Waals surface area contributed by atoms with Gasteiger partial charge in [0.2, 0.25) is 0 Å². The van der Waals surface area contributed by atoms with Gasteiger partial charge in [0.15, 0.2) is 5.65 Å². The number of hydrogen-bond donors (Lipinski definition) is 0. The van der Waals surface area contributed by atoms with Crippen LogP contribution in [0.5, 0.6) is 0 Å². The number of nitrogens with zero attached hydrogens (tertiary/aromatic N) is 7. The number of rotatable bonds is 3. The topological polar surface area (TPSA) is 79.5 Å². The Labute approximate surface area is 176 Å². The molecule has 5 rings (SSSR count). The maximum absolute atomic E-state index is 13.1. The summed E-state index contributed by atoms with van der Waals surface area (Å²) in [4.78, 5) is 30.5. The van der Waals surface area contributed by atoms with Gasteiger partial charge in [0.05, 0.1) is 17.9 Å². The minimum atomic E-state index is -0.0826. The fourth-order valence-corrected chi connectivity index (χ4v) is 4.67. The van der Waals surface area contributed by atoms with E-state index < -0.39 is 0 Å². The van der Waals surface area contributed by atoms with Gasteiger partial charge in [0.25, 0.3) is 5.91 Å². The van der Waals surface area contributed by atoms with Gasteiger partial charge >= 0.3 is 0 Å². The molecule has 3 aromatic heterocycles. The molecule has 3 aromatic rings. The molecule has 0 saturated carbocycles. The maximum atomic E-state index is 13.1. The van der Waals surface area contributed by atoms with E-state index in [0.29, 0.717) is 18.2 Å². The highest BCUT2D eigenvalue weighted by molar-refractivity contribution is 5.92. The molecule has 2 fully saturated rings. The van der Waals surface area contributed by atoms with Crippen LogP contribution in [0.15, 0.2) is 30.9 Å². The number of piperidine rings is 1. The molecular formula is C22H27N7O. The van der Waals surface area contributed by atoms with Gasteiger partial charge < -0.3 is 9.80 Å². The standard InChI is InChI=1S/C22H27N7O/c1-15-6-10-27(13-15)21-16(2)14-29-20(25-21)11-17(26-29)19-5-3-4-9-28(19)22(30)18-12-23-7-8-24-18/h7-8,11-12,14-15,19H,3-6,9-10,13H2,1-2H3/t15-,19-/m0/s1. The third-order valence-corrected chi connectivity index (χ3v) is 6.23. The van der Waals surface area contributed by atoms with E-state index in [1.165, 1.54) is 12.6 Å². The molecule has 5 heterocycles. The number of aryl methyl sites for hydroxylation is 1. The van der Waals surface area contributed by atoms with E-state index >= 15 is 0 Å². The van der Waals surface area contributed by atoms with Crippen LogP contribution in [0.4, 0.5) is 5.82 Å². The predicted molar refractivity (Wildman–Crippen MR) is 113 cm³/mol. The highest BCUT2D eigenvalue weighted by Crippen LogP contribution is 2.32. The first kappa shape index (κ1) is 19.0. The lowest BCUT2D eigenvalue weighted by molar-refractivity contribution is 0.0599.